The molecule has 2 fully saturated rings. The van der Waals surface area contributed by atoms with E-state index in [0.717, 1.165) is 66.0 Å². The molecule has 0 bridgehead atoms. The number of β-amino-alcohol motifs (C(OH)–C–C–N with tert-alkyl or cyclic N) is 2. The molecule has 0 spiro atoms. The number of pyridine rings is 2. The largest absolute Gasteiger partial charge is 0.466 e. The Kier molecular flexibility index (Phi) is 20.3. The number of Topliss-reactive ketones (excluding diaryl/α,β-unsaturated/α-hetero) is 1. The summed E-state index contributed by atoms with van der Waals surface area (Å²) in [6, 6.07) is 24.5. The minimum Gasteiger partial charge on any atom is -0.466 e. The van der Waals surface area contributed by atoms with Crippen molar-refractivity contribution in [2.24, 2.45) is 5.92 Å². The molecule has 0 radical (unpaired) electrons. The second-order valence-corrected chi connectivity index (χ2v) is 18.3. The monoisotopic (exact) mass is 909 g/mol. The van der Waals surface area contributed by atoms with Crippen LogP contribution in [0.25, 0.3) is 24.3 Å². The van der Waals surface area contributed by atoms with Crippen LogP contribution in [-0.4, -0.2) is 96.6 Å². The molecule has 3 N–H and O–H groups in total. The van der Waals surface area contributed by atoms with Crippen LogP contribution in [0, 0.1) is 5.92 Å². The van der Waals surface area contributed by atoms with Crippen molar-refractivity contribution in [3.63, 3.8) is 0 Å². The van der Waals surface area contributed by atoms with Gasteiger partial charge in [-0.2, -0.15) is 18.7 Å². The molecule has 2 aliphatic rings. The molecule has 0 aliphatic carbocycles. The van der Waals surface area contributed by atoms with Gasteiger partial charge in [0.15, 0.2) is 30.6 Å². The zero-order chi connectivity index (χ0) is 45.7. The highest BCUT2D eigenvalue weighted by atomic mass is 33.1. The van der Waals surface area contributed by atoms with E-state index in [1.165, 1.54) is 10.8 Å². The van der Waals surface area contributed by atoms with Gasteiger partial charge in [0.25, 0.3) is 5.91 Å². The number of benzene rings is 2. The Morgan fingerprint density at radius 2 is 1.16 bits per heavy atom. The van der Waals surface area contributed by atoms with E-state index in [1.807, 2.05) is 83.3 Å². The quantitative estimate of drug-likeness (QED) is 0.0431. The Morgan fingerprint density at radius 3 is 1.58 bits per heavy atom. The van der Waals surface area contributed by atoms with Crippen LogP contribution in [0.3, 0.4) is 0 Å². The van der Waals surface area contributed by atoms with Gasteiger partial charge in [-0.1, -0.05) is 77.1 Å². The fourth-order valence-electron chi connectivity index (χ4n) is 7.28. The zero-order valence-corrected chi connectivity index (χ0v) is 38.1. The molecule has 4 aromatic rings. The van der Waals surface area contributed by atoms with E-state index in [0.29, 0.717) is 24.6 Å². The molecular weight excluding hydrogens is 851 g/mol. The fourth-order valence-corrected chi connectivity index (χ4v) is 9.93. The molecule has 2 aromatic heterocycles. The van der Waals surface area contributed by atoms with Gasteiger partial charge >= 0.3 is 12.1 Å². The van der Waals surface area contributed by atoms with E-state index in [1.54, 1.807) is 17.7 Å². The van der Waals surface area contributed by atoms with E-state index < -0.39 is 5.92 Å². The summed E-state index contributed by atoms with van der Waals surface area (Å²) >= 11 is 0. The van der Waals surface area contributed by atoms with Crippen molar-refractivity contribution in [1.29, 1.82) is 0 Å². The lowest BCUT2D eigenvalue weighted by Gasteiger charge is -2.17. The highest BCUT2D eigenvalue weighted by Crippen LogP contribution is 2.28. The number of hydrogen-bond acceptors (Lipinski definition) is 12. The SMILES string of the molecule is CCOC(=O)C(CSSCC(CC)NC(=O)C[n+]1ccc(/C=C/c2ccc(N3CCC(O)C3)cc2)cc1)CC(=O)C[n+]1ccc(/C=C/c2ccc(N3CCC(O)C3)cc2)cc1.O=C=O. The number of nitrogens with zero attached hydrogens (tertiary/aromatic N) is 4. The number of esters is 1. The highest BCUT2D eigenvalue weighted by Gasteiger charge is 2.26. The van der Waals surface area contributed by atoms with Gasteiger partial charge in [0.1, 0.15) is 0 Å². The number of nitrogens with one attached hydrogen (secondary N) is 1. The van der Waals surface area contributed by atoms with Crippen LogP contribution in [0.4, 0.5) is 11.4 Å². The predicted octanol–water partition coefficient (Wildman–Crippen LogP) is 5.28. The van der Waals surface area contributed by atoms with Crippen LogP contribution < -0.4 is 24.3 Å². The van der Waals surface area contributed by atoms with Crippen LogP contribution in [0.1, 0.15) is 61.8 Å². The smallest absolute Gasteiger partial charge is 0.373 e. The number of anilines is 2. The van der Waals surface area contributed by atoms with Gasteiger partial charge in [-0.25, -0.2) is 0 Å². The summed E-state index contributed by atoms with van der Waals surface area (Å²) in [6.07, 6.45) is 18.0. The van der Waals surface area contributed by atoms with Crippen LogP contribution in [0.2, 0.25) is 0 Å². The van der Waals surface area contributed by atoms with Crippen molar-refractivity contribution in [2.75, 3.05) is 54.1 Å². The second kappa shape index (κ2) is 26.3. The molecule has 2 aromatic carbocycles. The van der Waals surface area contributed by atoms with Crippen molar-refractivity contribution >= 4 is 81.1 Å². The fraction of sp³-hybridized carbons (Fsp3) is 0.388. The third-order valence-corrected chi connectivity index (χ3v) is 13.4. The van der Waals surface area contributed by atoms with Crippen LogP contribution in [-0.2, 0) is 41.8 Å². The van der Waals surface area contributed by atoms with Crippen LogP contribution >= 0.6 is 21.6 Å². The number of ether oxygens (including phenoxy) is 1. The summed E-state index contributed by atoms with van der Waals surface area (Å²) < 4.78 is 9.01. The number of rotatable bonds is 21. The number of carbonyl (C=O) groups excluding carboxylic acids is 5. The molecule has 338 valence electrons. The van der Waals surface area contributed by atoms with Crippen molar-refractivity contribution < 1.29 is 48.1 Å². The Hall–Kier alpha value is -5.57. The van der Waals surface area contributed by atoms with Gasteiger partial charge in [0.05, 0.1) is 24.7 Å². The van der Waals surface area contributed by atoms with Gasteiger partial charge in [0.2, 0.25) is 13.1 Å². The van der Waals surface area contributed by atoms with Crippen molar-refractivity contribution in [1.82, 2.24) is 5.32 Å². The summed E-state index contributed by atoms with van der Waals surface area (Å²) in [7, 11) is 3.11. The summed E-state index contributed by atoms with van der Waals surface area (Å²) in [5, 5.41) is 22.8. The predicted molar refractivity (Wildman–Crippen MR) is 252 cm³/mol. The van der Waals surface area contributed by atoms with Crippen molar-refractivity contribution in [3.8, 4) is 0 Å². The average molecular weight is 910 g/mol. The lowest BCUT2D eigenvalue weighted by atomic mass is 10.0. The van der Waals surface area contributed by atoms with E-state index in [4.69, 9.17) is 14.3 Å². The number of aromatic nitrogens is 2. The number of carbonyl (C=O) groups is 3. The molecule has 4 unspecified atom stereocenters. The van der Waals surface area contributed by atoms with Gasteiger partial charge in [-0.15, -0.1) is 0 Å². The Balaban J connectivity index is 0.00000250. The lowest BCUT2D eigenvalue weighted by molar-refractivity contribution is -0.684. The van der Waals surface area contributed by atoms with E-state index in [9.17, 15) is 24.6 Å². The number of hydrogen-bond donors (Lipinski definition) is 3. The molecule has 2 aliphatic heterocycles. The Bertz CT molecular complexity index is 2180. The van der Waals surface area contributed by atoms with E-state index in [-0.39, 0.29) is 68.2 Å². The first-order valence-electron chi connectivity index (χ1n) is 21.7. The first-order valence-corrected chi connectivity index (χ1v) is 24.2. The molecular formula is C49H59N5O8S2+2. The summed E-state index contributed by atoms with van der Waals surface area (Å²) in [6.45, 7) is 7.52. The normalized spacial score (nSPS) is 16.9. The van der Waals surface area contributed by atoms with Gasteiger partial charge in [-0.3, -0.25) is 14.4 Å². The Morgan fingerprint density at radius 1 is 0.719 bits per heavy atom. The van der Waals surface area contributed by atoms with Gasteiger partial charge in [-0.05, 0) is 72.7 Å². The Labute approximate surface area is 383 Å². The third-order valence-electron chi connectivity index (χ3n) is 10.9. The first-order chi connectivity index (χ1) is 31.0. The molecule has 15 heteroatoms. The molecule has 6 rings (SSSR count). The molecule has 4 atom stereocenters. The summed E-state index contributed by atoms with van der Waals surface area (Å²) in [5.41, 5.74) is 6.44. The minimum atomic E-state index is -0.560. The number of ketones is 1. The standard InChI is InChI=1S/C48H58N5O6S2.CO2/c1-3-41(49-47(57)33-51-25-19-39(20-26-51)8-6-37-11-15-43(16-12-37)53-28-22-45(55)32-53)35-61-60-34-40(48(58)59-4-2)29-46(56)30-50-23-17-38(18-24-50)7-5-36-9-13-42(14-10-36)52-27-21-44(54)31-52;2-1-3/h5-20,23-26,40-41,44-45,54-55H,3-4,21-22,27-35H2,1-2H3;/q+1;/p+1. The third kappa shape index (κ3) is 16.5. The number of aliphatic hydroxyl groups excluding tert-OH is 2. The number of amides is 1. The van der Waals surface area contributed by atoms with Crippen molar-refractivity contribution in [3.05, 3.63) is 120 Å². The number of aliphatic hydroxyl groups is 2. The maximum Gasteiger partial charge on any atom is 0.373 e. The minimum absolute atomic E-state index is 0.0391. The molecule has 0 saturated carbocycles. The average Bonchev–Trinajstić information content (AvgIpc) is 3.95. The van der Waals surface area contributed by atoms with E-state index >= 15 is 0 Å². The zero-order valence-electron chi connectivity index (χ0n) is 36.5. The van der Waals surface area contributed by atoms with Gasteiger partial charge < -0.3 is 30.1 Å². The highest BCUT2D eigenvalue weighted by molar-refractivity contribution is 8.76. The topological polar surface area (TPSA) is 161 Å². The van der Waals surface area contributed by atoms with Crippen LogP contribution in [0.15, 0.2) is 97.6 Å². The summed E-state index contributed by atoms with van der Waals surface area (Å²) in [4.78, 5) is 59.6. The molecule has 1 amide bonds. The van der Waals surface area contributed by atoms with E-state index in [2.05, 4.69) is 69.7 Å². The first kappa shape index (κ1) is 49.4. The van der Waals surface area contributed by atoms with Crippen LogP contribution in [0.5, 0.6) is 0 Å². The molecule has 13 nitrogen and oxygen atoms in total. The lowest BCUT2D eigenvalue weighted by Crippen LogP contribution is -2.46. The van der Waals surface area contributed by atoms with Crippen molar-refractivity contribution in [2.45, 2.75) is 70.9 Å². The maximum atomic E-state index is 13.2. The molecule has 64 heavy (non-hydrogen) atoms. The molecule has 4 heterocycles. The maximum absolute atomic E-state index is 13.2. The molecule has 2 saturated heterocycles. The second-order valence-electron chi connectivity index (χ2n) is 15.8. The van der Waals surface area contributed by atoms with Gasteiger partial charge in [0, 0.05) is 85.8 Å². The summed E-state index contributed by atoms with van der Waals surface area (Å²) in [5.74, 6) is 0.0483.